The molecular weight excluding hydrogens is 377 g/mol. The van der Waals surface area contributed by atoms with Crippen LogP contribution in [-0.2, 0) is 6.42 Å². The fraction of sp³-hybridized carbons (Fsp3) is 0.316. The standard InChI is InChI=1S/C19H16Cl3N3/c1-3-16(19(10-23,11-24)12-25)14(5-4-6-20)8-15-9-18(22)17(21)7-13(15)2/h4-5,7,9H,3,6,8H2,1-2H3/b5-4-,16-14-. The summed E-state index contributed by atoms with van der Waals surface area (Å²) < 4.78 is 0. The maximum Gasteiger partial charge on any atom is 0.250 e. The molecule has 128 valence electrons. The Bertz CT molecular complexity index is 797. The molecule has 0 spiro atoms. The first-order valence-electron chi connectivity index (χ1n) is 7.52. The van der Waals surface area contributed by atoms with E-state index in [0.717, 1.165) is 11.1 Å². The average molecular weight is 393 g/mol. The number of aryl methyl sites for hydroxylation is 1. The molecule has 3 nitrogen and oxygen atoms in total. The molecule has 0 atom stereocenters. The molecule has 0 unspecified atom stereocenters. The van der Waals surface area contributed by atoms with Crippen molar-refractivity contribution in [3.63, 3.8) is 0 Å². The molecule has 0 aromatic heterocycles. The Hall–Kier alpha value is -1.96. The molecule has 0 aliphatic carbocycles. The molecule has 0 heterocycles. The smallest absolute Gasteiger partial charge is 0.195 e. The average Bonchev–Trinajstić information content (AvgIpc) is 2.61. The molecular formula is C19H16Cl3N3. The molecule has 0 radical (unpaired) electrons. The van der Waals surface area contributed by atoms with Gasteiger partial charge in [0, 0.05) is 5.88 Å². The van der Waals surface area contributed by atoms with Crippen LogP contribution in [0.2, 0.25) is 10.0 Å². The van der Waals surface area contributed by atoms with Gasteiger partial charge in [0.05, 0.1) is 10.0 Å². The van der Waals surface area contributed by atoms with E-state index in [0.29, 0.717) is 34.0 Å². The summed E-state index contributed by atoms with van der Waals surface area (Å²) in [5.74, 6) is 0.277. The van der Waals surface area contributed by atoms with Crippen molar-refractivity contribution >= 4 is 34.8 Å². The first-order valence-corrected chi connectivity index (χ1v) is 8.81. The van der Waals surface area contributed by atoms with Crippen LogP contribution >= 0.6 is 34.8 Å². The Morgan fingerprint density at radius 2 is 1.68 bits per heavy atom. The first-order chi connectivity index (χ1) is 11.9. The second kappa shape index (κ2) is 9.50. The van der Waals surface area contributed by atoms with E-state index in [2.05, 4.69) is 0 Å². The van der Waals surface area contributed by atoms with Crippen LogP contribution in [-0.4, -0.2) is 5.88 Å². The van der Waals surface area contributed by atoms with E-state index in [-0.39, 0.29) is 5.88 Å². The molecule has 0 fully saturated rings. The van der Waals surface area contributed by atoms with Gasteiger partial charge in [0.15, 0.2) is 0 Å². The molecule has 0 saturated carbocycles. The van der Waals surface area contributed by atoms with Gasteiger partial charge in [-0.25, -0.2) is 0 Å². The molecule has 25 heavy (non-hydrogen) atoms. The number of hydrogen-bond acceptors (Lipinski definition) is 3. The number of alkyl halides is 1. The Balaban J connectivity index is 3.61. The number of benzene rings is 1. The van der Waals surface area contributed by atoms with Crippen molar-refractivity contribution in [2.24, 2.45) is 5.41 Å². The molecule has 0 bridgehead atoms. The molecule has 6 heteroatoms. The van der Waals surface area contributed by atoms with E-state index in [1.165, 1.54) is 0 Å². The fourth-order valence-electron chi connectivity index (χ4n) is 2.55. The minimum absolute atomic E-state index is 0.277. The maximum absolute atomic E-state index is 9.44. The van der Waals surface area contributed by atoms with E-state index in [9.17, 15) is 15.8 Å². The minimum atomic E-state index is -1.83. The first kappa shape index (κ1) is 21.1. The third kappa shape index (κ3) is 4.78. The second-order valence-electron chi connectivity index (χ2n) is 5.37. The number of hydrogen-bond donors (Lipinski definition) is 0. The summed E-state index contributed by atoms with van der Waals surface area (Å²) >= 11 is 17.9. The number of nitriles is 3. The molecule has 0 aliphatic rings. The van der Waals surface area contributed by atoms with Crippen LogP contribution in [0.3, 0.4) is 0 Å². The summed E-state index contributed by atoms with van der Waals surface area (Å²) in [4.78, 5) is 0. The lowest BCUT2D eigenvalue weighted by molar-refractivity contribution is 0.745. The van der Waals surface area contributed by atoms with Crippen LogP contribution in [0.25, 0.3) is 0 Å². The van der Waals surface area contributed by atoms with Gasteiger partial charge in [0.2, 0.25) is 5.41 Å². The van der Waals surface area contributed by atoms with Crippen molar-refractivity contribution in [2.75, 3.05) is 5.88 Å². The summed E-state index contributed by atoms with van der Waals surface area (Å²) in [5.41, 5.74) is 1.17. The van der Waals surface area contributed by atoms with Crippen molar-refractivity contribution in [1.29, 1.82) is 15.8 Å². The SMILES string of the molecule is CC/C(=C(\C=C/CCl)Cc1cc(Cl)c(Cl)cc1C)C(C#N)(C#N)C#N. The summed E-state index contributed by atoms with van der Waals surface area (Å²) in [5, 5.41) is 29.2. The van der Waals surface area contributed by atoms with Crippen LogP contribution in [0, 0.1) is 46.3 Å². The second-order valence-corrected chi connectivity index (χ2v) is 6.49. The van der Waals surface area contributed by atoms with Crippen LogP contribution in [0.4, 0.5) is 0 Å². The number of nitrogens with zero attached hydrogens (tertiary/aromatic N) is 3. The monoisotopic (exact) mass is 391 g/mol. The quantitative estimate of drug-likeness (QED) is 0.446. The third-order valence-electron chi connectivity index (χ3n) is 3.86. The molecule has 1 aromatic rings. The van der Waals surface area contributed by atoms with Crippen molar-refractivity contribution in [1.82, 2.24) is 0 Å². The van der Waals surface area contributed by atoms with Crippen molar-refractivity contribution < 1.29 is 0 Å². The highest BCUT2D eigenvalue weighted by Gasteiger charge is 2.35. The van der Waals surface area contributed by atoms with Gasteiger partial charge in [0.1, 0.15) is 18.2 Å². The van der Waals surface area contributed by atoms with Gasteiger partial charge in [-0.1, -0.05) is 42.3 Å². The molecule has 0 amide bonds. The van der Waals surface area contributed by atoms with Gasteiger partial charge < -0.3 is 0 Å². The fourth-order valence-corrected chi connectivity index (χ4v) is 3.04. The predicted octanol–water partition coefficient (Wildman–Crippen LogP) is 5.90. The normalized spacial score (nSPS) is 12.2. The Kier molecular flexibility index (Phi) is 8.02. The van der Waals surface area contributed by atoms with E-state index >= 15 is 0 Å². The zero-order valence-corrected chi connectivity index (χ0v) is 16.2. The maximum atomic E-state index is 9.44. The third-order valence-corrected chi connectivity index (χ3v) is 4.77. The lowest BCUT2D eigenvalue weighted by atomic mass is 9.78. The van der Waals surface area contributed by atoms with Crippen molar-refractivity contribution in [3.05, 3.63) is 56.6 Å². The Morgan fingerprint density at radius 3 is 2.16 bits per heavy atom. The van der Waals surface area contributed by atoms with Gasteiger partial charge in [-0.15, -0.1) is 11.6 Å². The van der Waals surface area contributed by atoms with Crippen LogP contribution < -0.4 is 0 Å². The van der Waals surface area contributed by atoms with E-state index in [1.54, 1.807) is 24.3 Å². The van der Waals surface area contributed by atoms with Crippen LogP contribution in [0.5, 0.6) is 0 Å². The van der Waals surface area contributed by atoms with Crippen molar-refractivity contribution in [3.8, 4) is 18.2 Å². The highest BCUT2D eigenvalue weighted by atomic mass is 35.5. The summed E-state index contributed by atoms with van der Waals surface area (Å²) in [6.07, 6.45) is 4.27. The zero-order valence-electron chi connectivity index (χ0n) is 13.9. The molecule has 0 saturated heterocycles. The van der Waals surface area contributed by atoms with Gasteiger partial charge in [-0.2, -0.15) is 15.8 Å². The van der Waals surface area contributed by atoms with Gasteiger partial charge in [0.25, 0.3) is 0 Å². The lowest BCUT2D eigenvalue weighted by Crippen LogP contribution is -2.19. The minimum Gasteiger partial charge on any atom is -0.195 e. The highest BCUT2D eigenvalue weighted by molar-refractivity contribution is 6.42. The van der Waals surface area contributed by atoms with E-state index in [1.807, 2.05) is 32.1 Å². The van der Waals surface area contributed by atoms with Gasteiger partial charge in [-0.05, 0) is 54.2 Å². The number of rotatable bonds is 6. The van der Waals surface area contributed by atoms with Gasteiger partial charge >= 0.3 is 0 Å². The number of halogens is 3. The van der Waals surface area contributed by atoms with Crippen LogP contribution in [0.15, 0.2) is 35.4 Å². The predicted molar refractivity (Wildman–Crippen MR) is 101 cm³/mol. The molecule has 1 rings (SSSR count). The lowest BCUT2D eigenvalue weighted by Gasteiger charge is -2.19. The highest BCUT2D eigenvalue weighted by Crippen LogP contribution is 2.34. The zero-order chi connectivity index (χ0) is 19.0. The molecule has 0 N–H and O–H groups in total. The number of allylic oxidation sites excluding steroid dienone is 4. The van der Waals surface area contributed by atoms with E-state index in [4.69, 9.17) is 34.8 Å². The van der Waals surface area contributed by atoms with Crippen LogP contribution in [0.1, 0.15) is 24.5 Å². The largest absolute Gasteiger partial charge is 0.250 e. The Labute approximate surface area is 163 Å². The Morgan fingerprint density at radius 1 is 1.12 bits per heavy atom. The van der Waals surface area contributed by atoms with Gasteiger partial charge in [-0.3, -0.25) is 0 Å². The topological polar surface area (TPSA) is 71.4 Å². The summed E-state index contributed by atoms with van der Waals surface area (Å²) in [6, 6.07) is 9.07. The summed E-state index contributed by atoms with van der Waals surface area (Å²) in [7, 11) is 0. The van der Waals surface area contributed by atoms with Crippen molar-refractivity contribution in [2.45, 2.75) is 26.7 Å². The molecule has 0 aliphatic heterocycles. The van der Waals surface area contributed by atoms with E-state index < -0.39 is 5.41 Å². The summed E-state index contributed by atoms with van der Waals surface area (Å²) in [6.45, 7) is 3.71. The molecule has 1 aromatic carbocycles.